The third-order valence-electron chi connectivity index (χ3n) is 7.67. The fourth-order valence-electron chi connectivity index (χ4n) is 5.49. The zero-order valence-corrected chi connectivity index (χ0v) is 23.2. The molecule has 1 atom stereocenters. The lowest BCUT2D eigenvalue weighted by Crippen LogP contribution is -2.42. The van der Waals surface area contributed by atoms with Crippen LogP contribution in [0.4, 0.5) is 0 Å². The lowest BCUT2D eigenvalue weighted by Gasteiger charge is -2.29. The molecular weight excluding hydrogens is 510 g/mol. The maximum atomic E-state index is 13.3. The summed E-state index contributed by atoms with van der Waals surface area (Å²) in [6.07, 6.45) is 2.49. The van der Waals surface area contributed by atoms with Crippen molar-refractivity contribution in [1.29, 1.82) is 0 Å². The standard InChI is InChI=1S/C31H35N3O4S/c1-34-29(23-11-7-4-8-12-23)19-25-15-18-27(20-30(25)34)39(36,37)33-26-16-13-24(14-17-26)31(35)32-28(21-38-2)22-9-5-3-6-10-22/h3-12,15,18-20,24,26,28,33H,13-14,16-17,21H2,1-2H3,(H,32,35)/t24-,26-,28-/m1/s1. The molecule has 1 fully saturated rings. The van der Waals surface area contributed by atoms with Crippen LogP contribution in [0.1, 0.15) is 37.3 Å². The van der Waals surface area contributed by atoms with Crippen molar-refractivity contribution in [2.45, 2.75) is 42.7 Å². The maximum absolute atomic E-state index is 13.3. The van der Waals surface area contributed by atoms with Gasteiger partial charge in [0, 0.05) is 42.7 Å². The summed E-state index contributed by atoms with van der Waals surface area (Å²) in [5.41, 5.74) is 3.97. The smallest absolute Gasteiger partial charge is 0.240 e. The van der Waals surface area contributed by atoms with E-state index in [1.807, 2.05) is 78.3 Å². The average Bonchev–Trinajstić information content (AvgIpc) is 3.29. The molecule has 0 saturated heterocycles. The summed E-state index contributed by atoms with van der Waals surface area (Å²) in [4.78, 5) is 13.3. The van der Waals surface area contributed by atoms with Crippen LogP contribution in [-0.2, 0) is 26.6 Å². The number of amides is 1. The van der Waals surface area contributed by atoms with Gasteiger partial charge >= 0.3 is 0 Å². The van der Waals surface area contributed by atoms with Crippen molar-refractivity contribution in [3.63, 3.8) is 0 Å². The number of benzene rings is 3. The molecule has 0 aliphatic heterocycles. The van der Waals surface area contributed by atoms with E-state index < -0.39 is 10.0 Å². The van der Waals surface area contributed by atoms with Gasteiger partial charge < -0.3 is 14.6 Å². The molecule has 1 aromatic heterocycles. The Morgan fingerprint density at radius 1 is 0.949 bits per heavy atom. The Hall–Kier alpha value is -3.46. The average molecular weight is 546 g/mol. The van der Waals surface area contributed by atoms with Gasteiger partial charge in [0.1, 0.15) is 0 Å². The molecule has 0 unspecified atom stereocenters. The van der Waals surface area contributed by atoms with Gasteiger partial charge in [0.25, 0.3) is 0 Å². The first-order valence-corrected chi connectivity index (χ1v) is 14.9. The lowest BCUT2D eigenvalue weighted by molar-refractivity contribution is -0.127. The van der Waals surface area contributed by atoms with E-state index >= 15 is 0 Å². The summed E-state index contributed by atoms with van der Waals surface area (Å²) < 4.78 is 36.9. The van der Waals surface area contributed by atoms with E-state index in [2.05, 4.69) is 16.1 Å². The van der Waals surface area contributed by atoms with Gasteiger partial charge in [-0.25, -0.2) is 13.1 Å². The highest BCUT2D eigenvalue weighted by Gasteiger charge is 2.30. The summed E-state index contributed by atoms with van der Waals surface area (Å²) in [5, 5.41) is 4.11. The Bertz CT molecular complexity index is 1530. The molecule has 0 bridgehead atoms. The number of nitrogens with one attached hydrogen (secondary N) is 2. The number of methoxy groups -OCH3 is 1. The largest absolute Gasteiger partial charge is 0.382 e. The number of carbonyl (C=O) groups excluding carboxylic acids is 1. The van der Waals surface area contributed by atoms with E-state index in [0.29, 0.717) is 32.3 Å². The number of aromatic nitrogens is 1. The van der Waals surface area contributed by atoms with Crippen molar-refractivity contribution < 1.29 is 17.9 Å². The zero-order chi connectivity index (χ0) is 27.4. The Balaban J connectivity index is 1.22. The van der Waals surface area contributed by atoms with E-state index in [-0.39, 0.29) is 28.8 Å². The van der Waals surface area contributed by atoms with Crippen LogP contribution >= 0.6 is 0 Å². The van der Waals surface area contributed by atoms with Gasteiger partial charge in [-0.2, -0.15) is 0 Å². The topological polar surface area (TPSA) is 89.4 Å². The summed E-state index contributed by atoms with van der Waals surface area (Å²) in [7, 11) is -0.128. The summed E-state index contributed by atoms with van der Waals surface area (Å²) in [6, 6.07) is 26.8. The fraction of sp³-hybridized carbons (Fsp3) is 0.323. The minimum absolute atomic E-state index is 0.00871. The Labute approximate surface area is 230 Å². The number of hydrogen-bond donors (Lipinski definition) is 2. The first-order valence-electron chi connectivity index (χ1n) is 13.4. The molecule has 1 amide bonds. The van der Waals surface area contributed by atoms with Gasteiger partial charge in [0.15, 0.2) is 0 Å². The van der Waals surface area contributed by atoms with Crippen LogP contribution in [0.3, 0.4) is 0 Å². The first kappa shape index (κ1) is 27.1. The van der Waals surface area contributed by atoms with E-state index in [4.69, 9.17) is 4.74 Å². The molecule has 5 rings (SSSR count). The van der Waals surface area contributed by atoms with Crippen LogP contribution in [0.15, 0.2) is 89.8 Å². The number of aryl methyl sites for hydroxylation is 1. The van der Waals surface area contributed by atoms with Gasteiger partial charge in [-0.3, -0.25) is 4.79 Å². The molecular formula is C31H35N3O4S. The normalized spacial score (nSPS) is 18.6. The Morgan fingerprint density at radius 2 is 1.62 bits per heavy atom. The molecule has 8 heteroatoms. The molecule has 1 aliphatic rings. The molecule has 0 radical (unpaired) electrons. The number of ether oxygens (including phenoxy) is 1. The quantitative estimate of drug-likeness (QED) is 0.303. The van der Waals surface area contributed by atoms with E-state index in [0.717, 1.165) is 27.7 Å². The van der Waals surface area contributed by atoms with Gasteiger partial charge in [-0.15, -0.1) is 0 Å². The van der Waals surface area contributed by atoms with Crippen LogP contribution < -0.4 is 10.0 Å². The summed E-state index contributed by atoms with van der Waals surface area (Å²) in [6.45, 7) is 0.392. The van der Waals surface area contributed by atoms with Crippen LogP contribution in [0.2, 0.25) is 0 Å². The van der Waals surface area contributed by atoms with Crippen molar-refractivity contribution in [2.24, 2.45) is 13.0 Å². The highest BCUT2D eigenvalue weighted by Crippen LogP contribution is 2.30. The second kappa shape index (κ2) is 11.7. The minimum atomic E-state index is -3.70. The van der Waals surface area contributed by atoms with Crippen LogP contribution in [0, 0.1) is 5.92 Å². The Kier molecular flexibility index (Phi) is 8.16. The van der Waals surface area contributed by atoms with Crippen LogP contribution in [0.5, 0.6) is 0 Å². The highest BCUT2D eigenvalue weighted by atomic mass is 32.2. The van der Waals surface area contributed by atoms with Crippen molar-refractivity contribution in [3.8, 4) is 11.3 Å². The highest BCUT2D eigenvalue weighted by molar-refractivity contribution is 7.89. The SMILES string of the molecule is COC[C@@H](NC(=O)[C@H]1CC[C@H](NS(=O)(=O)c2ccc3cc(-c4ccccc4)n(C)c3c2)CC1)c1ccccc1. The summed E-state index contributed by atoms with van der Waals surface area (Å²) in [5.74, 6) is -0.157. The van der Waals surface area contributed by atoms with Crippen LogP contribution in [0.25, 0.3) is 22.2 Å². The number of carbonyl (C=O) groups is 1. The number of fused-ring (bicyclic) bond motifs is 1. The number of rotatable bonds is 9. The van der Waals surface area contributed by atoms with E-state index in [9.17, 15) is 13.2 Å². The second-order valence-corrected chi connectivity index (χ2v) is 12.0. The fourth-order valence-corrected chi connectivity index (χ4v) is 6.81. The summed E-state index contributed by atoms with van der Waals surface area (Å²) >= 11 is 0. The molecule has 1 aliphatic carbocycles. The van der Waals surface area contributed by atoms with Crippen molar-refractivity contribution in [3.05, 3.63) is 90.5 Å². The predicted octanol–water partition coefficient (Wildman–Crippen LogP) is 5.19. The Morgan fingerprint density at radius 3 is 2.28 bits per heavy atom. The molecule has 3 aromatic carbocycles. The van der Waals surface area contributed by atoms with Crippen molar-refractivity contribution in [1.82, 2.24) is 14.6 Å². The first-order chi connectivity index (χ1) is 18.9. The molecule has 39 heavy (non-hydrogen) atoms. The number of sulfonamides is 1. The third-order valence-corrected chi connectivity index (χ3v) is 9.19. The molecule has 7 nitrogen and oxygen atoms in total. The van der Waals surface area contributed by atoms with Gasteiger partial charge in [0.2, 0.25) is 15.9 Å². The van der Waals surface area contributed by atoms with Crippen LogP contribution in [-0.4, -0.2) is 38.7 Å². The van der Waals surface area contributed by atoms with E-state index in [1.54, 1.807) is 19.2 Å². The molecule has 2 N–H and O–H groups in total. The molecule has 1 heterocycles. The molecule has 4 aromatic rings. The minimum Gasteiger partial charge on any atom is -0.382 e. The molecule has 204 valence electrons. The lowest BCUT2D eigenvalue weighted by atomic mass is 9.85. The van der Waals surface area contributed by atoms with Gasteiger partial charge in [-0.1, -0.05) is 66.7 Å². The predicted molar refractivity (Wildman–Crippen MR) is 154 cm³/mol. The van der Waals surface area contributed by atoms with Crippen molar-refractivity contribution >= 4 is 26.8 Å². The van der Waals surface area contributed by atoms with Gasteiger partial charge in [-0.05, 0) is 55.0 Å². The molecule has 1 saturated carbocycles. The van der Waals surface area contributed by atoms with Gasteiger partial charge in [0.05, 0.1) is 17.5 Å². The second-order valence-electron chi connectivity index (χ2n) is 10.3. The zero-order valence-electron chi connectivity index (χ0n) is 22.3. The monoisotopic (exact) mass is 545 g/mol. The van der Waals surface area contributed by atoms with Crippen molar-refractivity contribution in [2.75, 3.05) is 13.7 Å². The third kappa shape index (κ3) is 6.08. The number of nitrogens with zero attached hydrogens (tertiary/aromatic N) is 1. The number of hydrogen-bond acceptors (Lipinski definition) is 4. The maximum Gasteiger partial charge on any atom is 0.240 e. The van der Waals surface area contributed by atoms with E-state index in [1.165, 1.54) is 0 Å². The molecule has 0 spiro atoms.